The number of hydrogen-bond acceptors (Lipinski definition) is 5. The summed E-state index contributed by atoms with van der Waals surface area (Å²) in [5.41, 5.74) is -0.854. The molecule has 2 heterocycles. The predicted octanol–water partition coefficient (Wildman–Crippen LogP) is 4.57. The minimum atomic E-state index is -1.44. The lowest BCUT2D eigenvalue weighted by Crippen LogP contribution is -2.47. The number of phenols is 1. The number of phenolic OH excluding ortho intramolecular Hbond substituents is 1. The molecule has 3 aromatic rings. The molecular formula is C24H28BrN3O5Si. The molecule has 3 amide bonds. The second-order valence-electron chi connectivity index (χ2n) is 9.78. The third-order valence-electron chi connectivity index (χ3n) is 5.98. The van der Waals surface area contributed by atoms with Crippen LogP contribution in [0.5, 0.6) is 11.6 Å². The Morgan fingerprint density at radius 3 is 2.47 bits per heavy atom. The van der Waals surface area contributed by atoms with Crippen molar-refractivity contribution in [3.8, 4) is 11.6 Å². The molecule has 0 radical (unpaired) electrons. The number of carbonyl (C=O) groups excluding carboxylic acids is 2. The molecule has 1 saturated heterocycles. The van der Waals surface area contributed by atoms with Gasteiger partial charge in [0, 0.05) is 36.1 Å². The van der Waals surface area contributed by atoms with E-state index in [2.05, 4.69) is 40.9 Å². The van der Waals surface area contributed by atoms with Gasteiger partial charge >= 0.3 is 6.03 Å². The van der Waals surface area contributed by atoms with Crippen molar-refractivity contribution in [2.24, 2.45) is 0 Å². The molecule has 4 rings (SSSR count). The molecule has 8 nitrogen and oxygen atoms in total. The second kappa shape index (κ2) is 9.08. The highest BCUT2D eigenvalue weighted by molar-refractivity contribution is 9.10. The van der Waals surface area contributed by atoms with Crippen molar-refractivity contribution in [3.05, 3.63) is 58.7 Å². The van der Waals surface area contributed by atoms with Gasteiger partial charge in [-0.1, -0.05) is 47.7 Å². The number of aromatic nitrogens is 1. The summed E-state index contributed by atoms with van der Waals surface area (Å²) in [5, 5.41) is 24.7. The maximum Gasteiger partial charge on any atom is 0.327 e. The van der Waals surface area contributed by atoms with Crippen molar-refractivity contribution >= 4 is 46.7 Å². The van der Waals surface area contributed by atoms with Crippen LogP contribution in [0.15, 0.2) is 53.1 Å². The highest BCUT2D eigenvalue weighted by Crippen LogP contribution is 2.36. The van der Waals surface area contributed by atoms with Gasteiger partial charge in [0.15, 0.2) is 11.4 Å². The lowest BCUT2D eigenvalue weighted by Gasteiger charge is -2.28. The van der Waals surface area contributed by atoms with E-state index < -0.39 is 25.6 Å². The van der Waals surface area contributed by atoms with Gasteiger partial charge in [-0.25, -0.2) is 9.69 Å². The number of nitrogens with one attached hydrogen (secondary N) is 1. The summed E-state index contributed by atoms with van der Waals surface area (Å²) in [5.74, 6) is -0.530. The predicted molar refractivity (Wildman–Crippen MR) is 135 cm³/mol. The first-order chi connectivity index (χ1) is 16.0. The van der Waals surface area contributed by atoms with Crippen LogP contribution in [0, 0.1) is 0 Å². The Labute approximate surface area is 207 Å². The Morgan fingerprint density at radius 2 is 1.79 bits per heavy atom. The zero-order valence-electron chi connectivity index (χ0n) is 19.3. The van der Waals surface area contributed by atoms with Gasteiger partial charge in [-0.2, -0.15) is 0 Å². The molecule has 10 heteroatoms. The molecule has 1 aliphatic rings. The number of ether oxygens (including phenoxy) is 1. The fourth-order valence-corrected chi connectivity index (χ4v) is 5.04. The number of fused-ring (bicyclic) bond motifs is 1. The van der Waals surface area contributed by atoms with Crippen LogP contribution < -0.4 is 5.32 Å². The van der Waals surface area contributed by atoms with Gasteiger partial charge in [0.25, 0.3) is 5.91 Å². The monoisotopic (exact) mass is 545 g/mol. The van der Waals surface area contributed by atoms with E-state index in [9.17, 15) is 19.8 Å². The molecule has 1 atom stereocenters. The van der Waals surface area contributed by atoms with E-state index in [0.717, 1.165) is 15.4 Å². The molecule has 2 aromatic carbocycles. The molecule has 0 spiro atoms. The van der Waals surface area contributed by atoms with Gasteiger partial charge in [0.1, 0.15) is 12.5 Å². The molecule has 0 bridgehead atoms. The summed E-state index contributed by atoms with van der Waals surface area (Å²) in [7, 11) is -1.31. The first-order valence-electron chi connectivity index (χ1n) is 11.0. The molecular weight excluding hydrogens is 518 g/mol. The SMILES string of the molecule is C[Si](C)(C)CCOCN1C(=O)N[C@@](Cn2cc3ccc(O)cc3c2O)(c2ccc(Br)cc2)C1=O. The summed E-state index contributed by atoms with van der Waals surface area (Å²) >= 11 is 3.41. The largest absolute Gasteiger partial charge is 0.508 e. The van der Waals surface area contributed by atoms with E-state index in [-0.39, 0.29) is 24.9 Å². The number of benzene rings is 2. The zero-order chi connectivity index (χ0) is 24.7. The van der Waals surface area contributed by atoms with Crippen molar-refractivity contribution in [2.45, 2.75) is 37.8 Å². The maximum atomic E-state index is 13.7. The first-order valence-corrected chi connectivity index (χ1v) is 15.5. The second-order valence-corrected chi connectivity index (χ2v) is 16.3. The van der Waals surface area contributed by atoms with Crippen LogP contribution in [0.1, 0.15) is 5.56 Å². The van der Waals surface area contributed by atoms with Crippen molar-refractivity contribution in [2.75, 3.05) is 13.3 Å². The fraction of sp³-hybridized carbons (Fsp3) is 0.333. The topological polar surface area (TPSA) is 104 Å². The lowest BCUT2D eigenvalue weighted by atomic mass is 9.89. The van der Waals surface area contributed by atoms with E-state index in [1.165, 1.54) is 16.7 Å². The van der Waals surface area contributed by atoms with Crippen molar-refractivity contribution in [1.29, 1.82) is 0 Å². The number of hydrogen-bond donors (Lipinski definition) is 3. The van der Waals surface area contributed by atoms with Crippen LogP contribution in [-0.4, -0.2) is 53.0 Å². The van der Waals surface area contributed by atoms with E-state index in [0.29, 0.717) is 22.9 Å². The van der Waals surface area contributed by atoms with Crippen molar-refractivity contribution in [1.82, 2.24) is 14.8 Å². The highest BCUT2D eigenvalue weighted by Gasteiger charge is 2.53. The Bertz CT molecular complexity index is 1240. The number of halogens is 1. The quantitative estimate of drug-likeness (QED) is 0.218. The van der Waals surface area contributed by atoms with Gasteiger partial charge in [0.2, 0.25) is 0 Å². The minimum Gasteiger partial charge on any atom is -0.508 e. The number of nitrogens with zero attached hydrogens (tertiary/aromatic N) is 2. The fourth-order valence-electron chi connectivity index (χ4n) is 4.02. The molecule has 180 valence electrons. The Kier molecular flexibility index (Phi) is 6.49. The van der Waals surface area contributed by atoms with E-state index in [1.807, 2.05) is 0 Å². The van der Waals surface area contributed by atoms with Crippen molar-refractivity contribution in [3.63, 3.8) is 0 Å². The molecule has 0 saturated carbocycles. The van der Waals surface area contributed by atoms with Crippen LogP contribution in [0.4, 0.5) is 4.79 Å². The van der Waals surface area contributed by atoms with E-state index in [1.54, 1.807) is 36.5 Å². The summed E-state index contributed by atoms with van der Waals surface area (Å²) in [4.78, 5) is 27.7. The smallest absolute Gasteiger partial charge is 0.327 e. The normalized spacial score (nSPS) is 18.6. The third-order valence-corrected chi connectivity index (χ3v) is 8.21. The summed E-state index contributed by atoms with van der Waals surface area (Å²) in [6.45, 7) is 7.00. The van der Waals surface area contributed by atoms with Crippen LogP contribution in [0.25, 0.3) is 10.8 Å². The maximum absolute atomic E-state index is 13.7. The number of carbonyl (C=O) groups is 2. The minimum absolute atomic E-state index is 0.0232. The first kappa shape index (κ1) is 24.3. The van der Waals surface area contributed by atoms with Gasteiger partial charge in [-0.3, -0.25) is 4.79 Å². The molecule has 0 aliphatic carbocycles. The molecule has 1 aromatic heterocycles. The Balaban J connectivity index is 1.68. The third kappa shape index (κ3) is 4.70. The summed E-state index contributed by atoms with van der Waals surface area (Å²) in [6.07, 6.45) is 1.69. The van der Waals surface area contributed by atoms with Crippen LogP contribution >= 0.6 is 15.9 Å². The molecule has 34 heavy (non-hydrogen) atoms. The number of aromatic hydroxyl groups is 2. The number of urea groups is 1. The zero-order valence-corrected chi connectivity index (χ0v) is 21.9. The van der Waals surface area contributed by atoms with Gasteiger partial charge in [0.05, 0.1) is 6.54 Å². The van der Waals surface area contributed by atoms with Gasteiger partial charge in [-0.05, 0) is 41.9 Å². The van der Waals surface area contributed by atoms with Crippen molar-refractivity contribution < 1.29 is 24.5 Å². The van der Waals surface area contributed by atoms with Crippen LogP contribution in [0.3, 0.4) is 0 Å². The molecule has 0 unspecified atom stereocenters. The highest BCUT2D eigenvalue weighted by atomic mass is 79.9. The van der Waals surface area contributed by atoms with Gasteiger partial charge < -0.3 is 24.8 Å². The molecule has 3 N–H and O–H groups in total. The summed E-state index contributed by atoms with van der Waals surface area (Å²) in [6, 6.07) is 12.2. The Hall–Kier alpha value is -2.82. The average Bonchev–Trinajstić information content (AvgIpc) is 3.19. The molecule has 1 fully saturated rings. The number of rotatable bonds is 8. The number of imide groups is 1. The Morgan fingerprint density at radius 1 is 1.09 bits per heavy atom. The lowest BCUT2D eigenvalue weighted by molar-refractivity contribution is -0.135. The van der Waals surface area contributed by atoms with Crippen LogP contribution in [-0.2, 0) is 21.6 Å². The standard InChI is InChI=1S/C24H28BrN3O5Si/c1-34(2,3)11-10-33-15-28-22(31)24(26-23(28)32,17-5-7-18(25)8-6-17)14-27-13-16-4-9-19(29)12-20(16)21(27)30/h4-9,12-13,29-30H,10-11,14-15H2,1-3H3,(H,26,32)/t24-/m0/s1. The molecule has 1 aliphatic heterocycles. The summed E-state index contributed by atoms with van der Waals surface area (Å²) < 4.78 is 8.05. The van der Waals surface area contributed by atoms with E-state index >= 15 is 0 Å². The van der Waals surface area contributed by atoms with Gasteiger partial charge in [-0.15, -0.1) is 0 Å². The van der Waals surface area contributed by atoms with E-state index in [4.69, 9.17) is 4.74 Å². The van der Waals surface area contributed by atoms with Crippen LogP contribution in [0.2, 0.25) is 25.7 Å². The number of amides is 3. The average molecular weight is 546 g/mol.